The van der Waals surface area contributed by atoms with Crippen molar-refractivity contribution in [3.05, 3.63) is 0 Å². The topological polar surface area (TPSA) is 29.1 Å². The van der Waals surface area contributed by atoms with Gasteiger partial charge in [0.05, 0.1) is 0 Å². The number of nitrogens with one attached hydrogen (secondary N) is 1. The second-order valence-corrected chi connectivity index (χ2v) is 5.16. The molecule has 1 rings (SSSR count). The maximum Gasteiger partial charge on any atom is 0.220 e. The molecule has 0 aromatic heterocycles. The third-order valence-corrected chi connectivity index (χ3v) is 3.50. The van der Waals surface area contributed by atoms with Crippen LogP contribution in [0.5, 0.6) is 0 Å². The van der Waals surface area contributed by atoms with E-state index in [9.17, 15) is 4.79 Å². The highest BCUT2D eigenvalue weighted by Gasteiger charge is 2.30. The van der Waals surface area contributed by atoms with Gasteiger partial charge in [-0.05, 0) is 30.1 Å². The fraction of sp³-hybridized carbons (Fsp3) is 0.917. The number of carbonyl (C=O) groups excluding carboxylic acids is 1. The van der Waals surface area contributed by atoms with Crippen LogP contribution in [0.1, 0.15) is 40.5 Å². The molecule has 0 aliphatic carbocycles. The molecule has 0 saturated carbocycles. The lowest BCUT2D eigenvalue weighted by atomic mass is 9.75. The van der Waals surface area contributed by atoms with Crippen molar-refractivity contribution in [2.45, 2.75) is 40.5 Å². The Morgan fingerprint density at radius 2 is 1.71 bits per heavy atom. The molecule has 2 unspecified atom stereocenters. The third-order valence-electron chi connectivity index (χ3n) is 3.50. The van der Waals surface area contributed by atoms with Gasteiger partial charge in [0.2, 0.25) is 5.91 Å². The van der Waals surface area contributed by atoms with Crippen LogP contribution in [0, 0.1) is 23.7 Å². The van der Waals surface area contributed by atoms with E-state index in [1.54, 1.807) is 0 Å². The van der Waals surface area contributed by atoms with Crippen molar-refractivity contribution < 1.29 is 4.79 Å². The van der Waals surface area contributed by atoms with Gasteiger partial charge in [-0.1, -0.05) is 27.7 Å². The molecule has 0 spiro atoms. The Kier molecular flexibility index (Phi) is 3.97. The van der Waals surface area contributed by atoms with Gasteiger partial charge in [-0.2, -0.15) is 0 Å². The summed E-state index contributed by atoms with van der Waals surface area (Å²) in [5.41, 5.74) is 0. The first-order valence-corrected chi connectivity index (χ1v) is 5.79. The number of amides is 1. The minimum Gasteiger partial charge on any atom is -0.356 e. The van der Waals surface area contributed by atoms with E-state index in [1.165, 1.54) is 0 Å². The normalized spacial score (nSPS) is 29.1. The summed E-state index contributed by atoms with van der Waals surface area (Å²) in [4.78, 5) is 11.3. The number of hydrogen-bond acceptors (Lipinski definition) is 1. The molecule has 1 aliphatic rings. The fourth-order valence-electron chi connectivity index (χ4n) is 2.54. The molecule has 1 aliphatic heterocycles. The van der Waals surface area contributed by atoms with Crippen LogP contribution in [0.3, 0.4) is 0 Å². The Balaban J connectivity index is 2.70. The summed E-state index contributed by atoms with van der Waals surface area (Å²) in [7, 11) is 0. The standard InChI is InChI=1S/C12H23NO/c1-8(2)10-5-6-12(14)13-7-11(10)9(3)4/h8-11H,5-7H2,1-4H3,(H,13,14). The van der Waals surface area contributed by atoms with E-state index in [4.69, 9.17) is 0 Å². The Labute approximate surface area is 87.5 Å². The summed E-state index contributed by atoms with van der Waals surface area (Å²) in [6, 6.07) is 0. The van der Waals surface area contributed by atoms with Crippen LogP contribution in [0.2, 0.25) is 0 Å². The van der Waals surface area contributed by atoms with Crippen molar-refractivity contribution in [1.82, 2.24) is 5.32 Å². The molecule has 0 bridgehead atoms. The zero-order chi connectivity index (χ0) is 10.7. The van der Waals surface area contributed by atoms with Crippen molar-refractivity contribution in [2.75, 3.05) is 6.54 Å². The van der Waals surface area contributed by atoms with Gasteiger partial charge in [-0.15, -0.1) is 0 Å². The Morgan fingerprint density at radius 3 is 2.21 bits per heavy atom. The average molecular weight is 197 g/mol. The van der Waals surface area contributed by atoms with Gasteiger partial charge in [0.15, 0.2) is 0 Å². The zero-order valence-electron chi connectivity index (χ0n) is 9.84. The molecule has 2 atom stereocenters. The van der Waals surface area contributed by atoms with E-state index < -0.39 is 0 Å². The quantitative estimate of drug-likeness (QED) is 0.724. The van der Waals surface area contributed by atoms with Gasteiger partial charge in [0.1, 0.15) is 0 Å². The predicted molar refractivity (Wildman–Crippen MR) is 58.9 cm³/mol. The van der Waals surface area contributed by atoms with Gasteiger partial charge in [-0.3, -0.25) is 4.79 Å². The van der Waals surface area contributed by atoms with Crippen molar-refractivity contribution in [3.63, 3.8) is 0 Å². The largest absolute Gasteiger partial charge is 0.356 e. The second kappa shape index (κ2) is 4.81. The highest BCUT2D eigenvalue weighted by Crippen LogP contribution is 2.32. The third kappa shape index (κ3) is 2.73. The number of carbonyl (C=O) groups is 1. The van der Waals surface area contributed by atoms with E-state index >= 15 is 0 Å². The SMILES string of the molecule is CC(C)C1CCC(=O)NCC1C(C)C. The fourth-order valence-corrected chi connectivity index (χ4v) is 2.54. The summed E-state index contributed by atoms with van der Waals surface area (Å²) < 4.78 is 0. The van der Waals surface area contributed by atoms with E-state index in [2.05, 4.69) is 33.0 Å². The van der Waals surface area contributed by atoms with Gasteiger partial charge >= 0.3 is 0 Å². The van der Waals surface area contributed by atoms with Crippen molar-refractivity contribution in [2.24, 2.45) is 23.7 Å². The van der Waals surface area contributed by atoms with Gasteiger partial charge in [-0.25, -0.2) is 0 Å². The summed E-state index contributed by atoms with van der Waals surface area (Å²) >= 11 is 0. The van der Waals surface area contributed by atoms with Crippen LogP contribution in [0.25, 0.3) is 0 Å². The van der Waals surface area contributed by atoms with E-state index in [1.807, 2.05) is 0 Å². The lowest BCUT2D eigenvalue weighted by Gasteiger charge is -2.30. The molecule has 1 saturated heterocycles. The smallest absolute Gasteiger partial charge is 0.220 e. The van der Waals surface area contributed by atoms with E-state index in [0.717, 1.165) is 13.0 Å². The van der Waals surface area contributed by atoms with Crippen LogP contribution in [-0.4, -0.2) is 12.5 Å². The maximum absolute atomic E-state index is 11.3. The second-order valence-electron chi connectivity index (χ2n) is 5.16. The summed E-state index contributed by atoms with van der Waals surface area (Å²) in [5, 5.41) is 3.02. The molecule has 0 aromatic carbocycles. The zero-order valence-corrected chi connectivity index (χ0v) is 9.84. The summed E-state index contributed by atoms with van der Waals surface area (Å²) in [6.07, 6.45) is 1.78. The van der Waals surface area contributed by atoms with E-state index in [0.29, 0.717) is 30.1 Å². The lowest BCUT2D eigenvalue weighted by Crippen LogP contribution is -2.32. The molecule has 14 heavy (non-hydrogen) atoms. The highest BCUT2D eigenvalue weighted by atomic mass is 16.1. The molecule has 2 nitrogen and oxygen atoms in total. The number of rotatable bonds is 2. The van der Waals surface area contributed by atoms with Crippen LogP contribution in [-0.2, 0) is 4.79 Å². The van der Waals surface area contributed by atoms with Gasteiger partial charge < -0.3 is 5.32 Å². The first kappa shape index (κ1) is 11.5. The minimum absolute atomic E-state index is 0.235. The molecule has 0 radical (unpaired) electrons. The highest BCUT2D eigenvalue weighted by molar-refractivity contribution is 5.76. The molecular formula is C12H23NO. The first-order valence-electron chi connectivity index (χ1n) is 5.79. The number of hydrogen-bond donors (Lipinski definition) is 1. The van der Waals surface area contributed by atoms with Crippen molar-refractivity contribution in [1.29, 1.82) is 0 Å². The Morgan fingerprint density at radius 1 is 1.14 bits per heavy atom. The monoisotopic (exact) mass is 197 g/mol. The molecule has 1 amide bonds. The Bertz CT molecular complexity index is 178. The molecule has 0 aromatic rings. The predicted octanol–water partition coefficient (Wildman–Crippen LogP) is 2.44. The van der Waals surface area contributed by atoms with Crippen LogP contribution >= 0.6 is 0 Å². The summed E-state index contributed by atoms with van der Waals surface area (Å²) in [5.74, 6) is 2.95. The molecule has 1 N–H and O–H groups in total. The minimum atomic E-state index is 0.235. The van der Waals surface area contributed by atoms with Crippen LogP contribution in [0.4, 0.5) is 0 Å². The van der Waals surface area contributed by atoms with E-state index in [-0.39, 0.29) is 5.91 Å². The molecule has 82 valence electrons. The Hall–Kier alpha value is -0.530. The molecule has 1 heterocycles. The van der Waals surface area contributed by atoms with Crippen molar-refractivity contribution in [3.8, 4) is 0 Å². The van der Waals surface area contributed by atoms with Gasteiger partial charge in [0.25, 0.3) is 0 Å². The van der Waals surface area contributed by atoms with Gasteiger partial charge in [0, 0.05) is 13.0 Å². The lowest BCUT2D eigenvalue weighted by molar-refractivity contribution is -0.120. The summed E-state index contributed by atoms with van der Waals surface area (Å²) in [6.45, 7) is 9.94. The average Bonchev–Trinajstić information content (AvgIpc) is 2.26. The van der Waals surface area contributed by atoms with Crippen LogP contribution < -0.4 is 5.32 Å². The molecule has 2 heteroatoms. The van der Waals surface area contributed by atoms with Crippen molar-refractivity contribution >= 4 is 5.91 Å². The maximum atomic E-state index is 11.3. The van der Waals surface area contributed by atoms with Crippen LogP contribution in [0.15, 0.2) is 0 Å². The first-order chi connectivity index (χ1) is 6.52. The molecular weight excluding hydrogens is 174 g/mol. The molecule has 1 fully saturated rings.